The van der Waals surface area contributed by atoms with E-state index in [1.54, 1.807) is 7.05 Å². The van der Waals surface area contributed by atoms with Crippen LogP contribution in [-0.2, 0) is 6.18 Å². The highest BCUT2D eigenvalue weighted by molar-refractivity contribution is 14.0. The Labute approximate surface area is 187 Å². The number of ether oxygens (including phenoxy) is 1. The molecule has 0 amide bonds. The van der Waals surface area contributed by atoms with Gasteiger partial charge in [-0.3, -0.25) is 4.99 Å². The van der Waals surface area contributed by atoms with E-state index in [4.69, 9.17) is 4.74 Å². The van der Waals surface area contributed by atoms with Gasteiger partial charge in [0.15, 0.2) is 5.96 Å². The zero-order chi connectivity index (χ0) is 20.4. The fourth-order valence-corrected chi connectivity index (χ4v) is 3.03. The molecule has 0 saturated carbocycles. The third-order valence-corrected chi connectivity index (χ3v) is 4.69. The molecule has 1 aromatic rings. The third kappa shape index (κ3) is 9.37. The minimum atomic E-state index is -4.39. The van der Waals surface area contributed by atoms with Gasteiger partial charge in [-0.05, 0) is 31.9 Å². The molecule has 1 aliphatic rings. The van der Waals surface area contributed by atoms with E-state index in [-0.39, 0.29) is 36.5 Å². The van der Waals surface area contributed by atoms with E-state index < -0.39 is 11.7 Å². The molecule has 6 nitrogen and oxygen atoms in total. The van der Waals surface area contributed by atoms with E-state index in [9.17, 15) is 13.2 Å². The fourth-order valence-electron chi connectivity index (χ4n) is 3.03. The van der Waals surface area contributed by atoms with Crippen molar-refractivity contribution in [2.75, 3.05) is 39.8 Å². The Balaban J connectivity index is 0.00000420. The number of nitrogens with zero attached hydrogens (tertiary/aromatic N) is 3. The lowest BCUT2D eigenvalue weighted by Gasteiger charge is -2.33. The number of nitrogens with one attached hydrogen (secondary N) is 2. The maximum absolute atomic E-state index is 12.5. The van der Waals surface area contributed by atoms with Gasteiger partial charge in [0.25, 0.3) is 0 Å². The Kier molecular flexibility index (Phi) is 11.6. The largest absolute Gasteiger partial charge is 0.476 e. The van der Waals surface area contributed by atoms with E-state index in [1.165, 1.54) is 25.5 Å². The Morgan fingerprint density at radius 3 is 2.59 bits per heavy atom. The van der Waals surface area contributed by atoms with Crippen LogP contribution in [0.1, 0.15) is 38.2 Å². The summed E-state index contributed by atoms with van der Waals surface area (Å²) in [6, 6.07) is 2.58. The van der Waals surface area contributed by atoms with Gasteiger partial charge in [-0.1, -0.05) is 13.3 Å². The van der Waals surface area contributed by atoms with Crippen molar-refractivity contribution in [3.63, 3.8) is 0 Å². The second kappa shape index (κ2) is 13.1. The van der Waals surface area contributed by atoms with Crippen LogP contribution in [0.4, 0.5) is 13.2 Å². The number of unbranched alkanes of at least 4 members (excludes halogenated alkanes) is 1. The highest BCUT2D eigenvalue weighted by Crippen LogP contribution is 2.29. The topological polar surface area (TPSA) is 61.8 Å². The maximum atomic E-state index is 12.5. The van der Waals surface area contributed by atoms with Crippen LogP contribution in [0, 0.1) is 0 Å². The first-order chi connectivity index (χ1) is 13.4. The lowest BCUT2D eigenvalue weighted by molar-refractivity contribution is -0.137. The second-order valence-corrected chi connectivity index (χ2v) is 6.84. The first-order valence-corrected chi connectivity index (χ1v) is 9.78. The maximum Gasteiger partial charge on any atom is 0.417 e. The number of hydrogen-bond donors (Lipinski definition) is 2. The molecule has 0 atom stereocenters. The number of rotatable bonds is 8. The van der Waals surface area contributed by atoms with Gasteiger partial charge in [0.05, 0.1) is 12.1 Å². The van der Waals surface area contributed by atoms with Crippen LogP contribution in [0.15, 0.2) is 23.3 Å². The van der Waals surface area contributed by atoms with Crippen molar-refractivity contribution in [3.05, 3.63) is 23.9 Å². The summed E-state index contributed by atoms with van der Waals surface area (Å²) < 4.78 is 42.9. The molecule has 1 aliphatic heterocycles. The minimum Gasteiger partial charge on any atom is -0.476 e. The van der Waals surface area contributed by atoms with Crippen LogP contribution in [-0.4, -0.2) is 61.7 Å². The van der Waals surface area contributed by atoms with E-state index in [0.29, 0.717) is 18.5 Å². The zero-order valence-corrected chi connectivity index (χ0v) is 19.3. The van der Waals surface area contributed by atoms with Gasteiger partial charge < -0.3 is 20.3 Å². The number of aromatic nitrogens is 1. The van der Waals surface area contributed by atoms with Gasteiger partial charge in [0.2, 0.25) is 5.88 Å². The molecule has 1 aromatic heterocycles. The lowest BCUT2D eigenvalue weighted by atomic mass is 10.0. The lowest BCUT2D eigenvalue weighted by Crippen LogP contribution is -2.49. The summed E-state index contributed by atoms with van der Waals surface area (Å²) in [5, 5.41) is 6.58. The van der Waals surface area contributed by atoms with Gasteiger partial charge in [-0.15, -0.1) is 24.0 Å². The molecule has 0 spiro atoms. The van der Waals surface area contributed by atoms with Crippen LogP contribution in [0.2, 0.25) is 0 Å². The molecule has 1 saturated heterocycles. The van der Waals surface area contributed by atoms with Crippen LogP contribution in [0.3, 0.4) is 0 Å². The average molecular weight is 529 g/mol. The van der Waals surface area contributed by atoms with E-state index in [2.05, 4.69) is 32.4 Å². The van der Waals surface area contributed by atoms with Crippen molar-refractivity contribution in [1.82, 2.24) is 20.5 Å². The van der Waals surface area contributed by atoms with Crippen molar-refractivity contribution in [2.45, 2.75) is 44.8 Å². The quantitative estimate of drug-likeness (QED) is 0.234. The summed E-state index contributed by atoms with van der Waals surface area (Å²) in [6.45, 7) is 6.31. The first kappa shape index (κ1) is 25.7. The Bertz CT molecular complexity index is 605. The molecule has 0 bridgehead atoms. The monoisotopic (exact) mass is 529 g/mol. The van der Waals surface area contributed by atoms with Gasteiger partial charge >= 0.3 is 6.18 Å². The number of guanidine groups is 1. The number of alkyl halides is 3. The van der Waals surface area contributed by atoms with Crippen molar-refractivity contribution < 1.29 is 17.9 Å². The first-order valence-electron chi connectivity index (χ1n) is 9.78. The highest BCUT2D eigenvalue weighted by Gasteiger charge is 2.30. The second-order valence-electron chi connectivity index (χ2n) is 6.84. The van der Waals surface area contributed by atoms with Crippen LogP contribution < -0.4 is 15.4 Å². The SMILES string of the molecule is CCCCN1CCC(NC(=NC)NCCOc2ccc(C(F)(F)F)cn2)CC1.I. The fraction of sp³-hybridized carbons (Fsp3) is 0.684. The van der Waals surface area contributed by atoms with Crippen molar-refractivity contribution in [3.8, 4) is 5.88 Å². The van der Waals surface area contributed by atoms with Crippen molar-refractivity contribution in [2.24, 2.45) is 4.99 Å². The van der Waals surface area contributed by atoms with Gasteiger partial charge in [-0.25, -0.2) is 4.98 Å². The molecule has 2 N–H and O–H groups in total. The van der Waals surface area contributed by atoms with Gasteiger partial charge in [0, 0.05) is 38.4 Å². The molecule has 2 rings (SSSR count). The summed E-state index contributed by atoms with van der Waals surface area (Å²) in [5.74, 6) is 0.869. The number of pyridine rings is 1. The molecular weight excluding hydrogens is 498 g/mol. The smallest absolute Gasteiger partial charge is 0.417 e. The Morgan fingerprint density at radius 2 is 2.03 bits per heavy atom. The number of likely N-dealkylation sites (tertiary alicyclic amines) is 1. The summed E-state index contributed by atoms with van der Waals surface area (Å²) in [6.07, 6.45) is 1.01. The van der Waals surface area contributed by atoms with Gasteiger partial charge in [0.1, 0.15) is 6.61 Å². The normalized spacial score (nSPS) is 16.2. The van der Waals surface area contributed by atoms with Crippen LogP contribution >= 0.6 is 24.0 Å². The minimum absolute atomic E-state index is 0. The standard InChI is InChI=1S/C19H30F3N5O.HI/c1-3-4-10-27-11-7-16(8-12-27)26-18(23-2)24-9-13-28-17-6-5-15(14-25-17)19(20,21)22;/h5-6,14,16H,3-4,7-13H2,1-2H3,(H2,23,24,26);1H. The summed E-state index contributed by atoms with van der Waals surface area (Å²) in [4.78, 5) is 10.4. The molecule has 0 aliphatic carbocycles. The number of aliphatic imine (C=N–C) groups is 1. The number of piperidine rings is 1. The van der Waals surface area contributed by atoms with Gasteiger partial charge in [-0.2, -0.15) is 13.2 Å². The number of hydrogen-bond acceptors (Lipinski definition) is 4. The molecule has 0 unspecified atom stereocenters. The third-order valence-electron chi connectivity index (χ3n) is 4.69. The molecule has 1 fully saturated rings. The Hall–Kier alpha value is -1.30. The molecule has 29 heavy (non-hydrogen) atoms. The molecular formula is C19H31F3IN5O. The van der Waals surface area contributed by atoms with Crippen molar-refractivity contribution in [1.29, 1.82) is 0 Å². The molecule has 0 aromatic carbocycles. The van der Waals surface area contributed by atoms with E-state index in [1.807, 2.05) is 0 Å². The number of halogens is 4. The molecule has 166 valence electrons. The molecule has 0 radical (unpaired) electrons. The summed E-state index contributed by atoms with van der Waals surface area (Å²) in [7, 11) is 1.71. The predicted octanol–water partition coefficient (Wildman–Crippen LogP) is 3.53. The summed E-state index contributed by atoms with van der Waals surface area (Å²) >= 11 is 0. The van der Waals surface area contributed by atoms with E-state index >= 15 is 0 Å². The average Bonchev–Trinajstić information content (AvgIpc) is 2.69. The Morgan fingerprint density at radius 1 is 1.31 bits per heavy atom. The summed E-state index contributed by atoms with van der Waals surface area (Å²) in [5.41, 5.74) is -0.789. The van der Waals surface area contributed by atoms with E-state index in [0.717, 1.165) is 38.2 Å². The molecule has 10 heteroatoms. The van der Waals surface area contributed by atoms with Crippen LogP contribution in [0.5, 0.6) is 5.88 Å². The zero-order valence-electron chi connectivity index (χ0n) is 17.0. The molecule has 2 heterocycles. The van der Waals surface area contributed by atoms with Crippen LogP contribution in [0.25, 0.3) is 0 Å². The predicted molar refractivity (Wildman–Crippen MR) is 119 cm³/mol. The highest BCUT2D eigenvalue weighted by atomic mass is 127. The van der Waals surface area contributed by atoms with Crippen molar-refractivity contribution >= 4 is 29.9 Å².